The molecule has 2 aromatic rings. The fourth-order valence-corrected chi connectivity index (χ4v) is 2.96. The Morgan fingerprint density at radius 2 is 1.82 bits per heavy atom. The van der Waals surface area contributed by atoms with Crippen LogP contribution in [0.2, 0.25) is 5.02 Å². The quantitative estimate of drug-likeness (QED) is 0.566. The Hall–Kier alpha value is -3.00. The van der Waals surface area contributed by atoms with Gasteiger partial charge in [-0.2, -0.15) is 0 Å². The third-order valence-corrected chi connectivity index (χ3v) is 4.40. The van der Waals surface area contributed by atoms with E-state index in [1.807, 2.05) is 25.3 Å². The highest BCUT2D eigenvalue weighted by atomic mass is 35.5. The second-order valence-corrected chi connectivity index (χ2v) is 6.39. The summed E-state index contributed by atoms with van der Waals surface area (Å²) in [5.74, 6) is -1.61. The maximum atomic E-state index is 12.2. The van der Waals surface area contributed by atoms with Crippen LogP contribution < -0.4 is 15.6 Å². The molecule has 2 amide bonds. The Labute approximate surface area is 167 Å². The van der Waals surface area contributed by atoms with Crippen molar-refractivity contribution in [1.29, 1.82) is 0 Å². The first-order chi connectivity index (χ1) is 13.3. The summed E-state index contributed by atoms with van der Waals surface area (Å²) in [7, 11) is 1.41. The van der Waals surface area contributed by atoms with E-state index in [1.165, 1.54) is 19.2 Å². The molecule has 0 fully saturated rings. The van der Waals surface area contributed by atoms with E-state index < -0.39 is 24.4 Å². The van der Waals surface area contributed by atoms with Crippen molar-refractivity contribution in [3.8, 4) is 5.75 Å². The van der Waals surface area contributed by atoms with Gasteiger partial charge in [0.1, 0.15) is 5.75 Å². The monoisotopic (exact) mass is 407 g/mol. The van der Waals surface area contributed by atoms with Gasteiger partial charge in [-0.05, 0) is 45.0 Å². The SMILES string of the molecule is CCn1c(C)cc(C(=O)OCC(=O)NNC(=O)c2cc(Cl)ccc2OC)c1C. The first kappa shape index (κ1) is 21.3. The second kappa shape index (κ2) is 9.27. The Morgan fingerprint density at radius 1 is 1.11 bits per heavy atom. The van der Waals surface area contributed by atoms with Gasteiger partial charge >= 0.3 is 5.97 Å². The van der Waals surface area contributed by atoms with Crippen molar-refractivity contribution < 1.29 is 23.9 Å². The first-order valence-corrected chi connectivity index (χ1v) is 8.92. The fourth-order valence-electron chi connectivity index (χ4n) is 2.79. The third-order valence-electron chi connectivity index (χ3n) is 4.17. The average Bonchev–Trinajstić information content (AvgIpc) is 2.97. The van der Waals surface area contributed by atoms with E-state index in [0.29, 0.717) is 16.3 Å². The number of amides is 2. The Balaban J connectivity index is 1.90. The maximum absolute atomic E-state index is 12.2. The van der Waals surface area contributed by atoms with E-state index in [1.54, 1.807) is 12.1 Å². The van der Waals surface area contributed by atoms with Crippen molar-refractivity contribution in [2.45, 2.75) is 27.3 Å². The van der Waals surface area contributed by atoms with Crippen LogP contribution >= 0.6 is 11.6 Å². The lowest BCUT2D eigenvalue weighted by Gasteiger charge is -2.11. The molecule has 0 aliphatic rings. The van der Waals surface area contributed by atoms with Crippen molar-refractivity contribution in [2.24, 2.45) is 0 Å². The van der Waals surface area contributed by atoms with Gasteiger partial charge in [-0.15, -0.1) is 0 Å². The molecule has 150 valence electrons. The minimum atomic E-state index is -0.688. The number of hydrogen-bond donors (Lipinski definition) is 2. The average molecular weight is 408 g/mol. The predicted molar refractivity (Wildman–Crippen MR) is 103 cm³/mol. The number of carbonyl (C=O) groups is 3. The smallest absolute Gasteiger partial charge is 0.340 e. The van der Waals surface area contributed by atoms with Crippen molar-refractivity contribution in [3.63, 3.8) is 0 Å². The molecule has 0 saturated heterocycles. The van der Waals surface area contributed by atoms with Gasteiger partial charge in [0.2, 0.25) is 0 Å². The van der Waals surface area contributed by atoms with Crippen LogP contribution in [0.1, 0.15) is 39.0 Å². The zero-order valence-corrected chi connectivity index (χ0v) is 16.8. The molecule has 1 heterocycles. The molecule has 9 heteroatoms. The molecule has 0 unspecified atom stereocenters. The van der Waals surface area contributed by atoms with Gasteiger partial charge < -0.3 is 14.0 Å². The third kappa shape index (κ3) is 4.83. The van der Waals surface area contributed by atoms with E-state index >= 15 is 0 Å². The summed E-state index contributed by atoms with van der Waals surface area (Å²) in [6.07, 6.45) is 0. The molecule has 0 bridgehead atoms. The number of nitrogens with one attached hydrogen (secondary N) is 2. The van der Waals surface area contributed by atoms with Gasteiger partial charge in [0.25, 0.3) is 11.8 Å². The summed E-state index contributed by atoms with van der Waals surface area (Å²) in [5.41, 5.74) is 6.66. The molecule has 0 radical (unpaired) electrons. The summed E-state index contributed by atoms with van der Waals surface area (Å²) in [4.78, 5) is 36.3. The van der Waals surface area contributed by atoms with Gasteiger partial charge in [-0.1, -0.05) is 11.6 Å². The van der Waals surface area contributed by atoms with Gasteiger partial charge in [-0.25, -0.2) is 4.79 Å². The molecular formula is C19H22ClN3O5. The number of aromatic nitrogens is 1. The number of aryl methyl sites for hydroxylation is 1. The topological polar surface area (TPSA) is 98.7 Å². The molecule has 0 saturated carbocycles. The molecule has 28 heavy (non-hydrogen) atoms. The highest BCUT2D eigenvalue weighted by molar-refractivity contribution is 6.31. The fraction of sp³-hybridized carbons (Fsp3) is 0.316. The lowest BCUT2D eigenvalue weighted by atomic mass is 10.2. The highest BCUT2D eigenvalue weighted by Gasteiger charge is 2.18. The highest BCUT2D eigenvalue weighted by Crippen LogP contribution is 2.22. The first-order valence-electron chi connectivity index (χ1n) is 8.55. The van der Waals surface area contributed by atoms with Crippen LogP contribution in [0.5, 0.6) is 5.75 Å². The minimum Gasteiger partial charge on any atom is -0.496 e. The molecule has 0 spiro atoms. The van der Waals surface area contributed by atoms with Gasteiger partial charge in [0.15, 0.2) is 6.61 Å². The lowest BCUT2D eigenvalue weighted by molar-refractivity contribution is -0.125. The Morgan fingerprint density at radius 3 is 2.43 bits per heavy atom. The minimum absolute atomic E-state index is 0.152. The lowest BCUT2D eigenvalue weighted by Crippen LogP contribution is -2.43. The molecule has 0 aliphatic carbocycles. The number of benzene rings is 1. The Bertz CT molecular complexity index is 907. The van der Waals surface area contributed by atoms with Crippen molar-refractivity contribution in [2.75, 3.05) is 13.7 Å². The summed E-state index contributed by atoms with van der Waals surface area (Å²) < 4.78 is 12.1. The second-order valence-electron chi connectivity index (χ2n) is 5.95. The number of rotatable bonds is 6. The molecule has 2 rings (SSSR count). The largest absolute Gasteiger partial charge is 0.496 e. The number of nitrogens with zero attached hydrogens (tertiary/aromatic N) is 1. The van der Waals surface area contributed by atoms with Crippen molar-refractivity contribution >= 4 is 29.4 Å². The zero-order chi connectivity index (χ0) is 20.8. The van der Waals surface area contributed by atoms with E-state index in [2.05, 4.69) is 10.9 Å². The van der Waals surface area contributed by atoms with Crippen molar-refractivity contribution in [1.82, 2.24) is 15.4 Å². The number of esters is 1. The molecule has 2 N–H and O–H groups in total. The van der Waals surface area contributed by atoms with E-state index in [0.717, 1.165) is 17.9 Å². The number of hydrogen-bond acceptors (Lipinski definition) is 5. The van der Waals surface area contributed by atoms with Crippen molar-refractivity contribution in [3.05, 3.63) is 51.8 Å². The van der Waals surface area contributed by atoms with Crippen LogP contribution in [0.4, 0.5) is 0 Å². The molecular weight excluding hydrogens is 386 g/mol. The van der Waals surface area contributed by atoms with Crippen LogP contribution in [0.15, 0.2) is 24.3 Å². The number of halogens is 1. The van der Waals surface area contributed by atoms with Crippen LogP contribution in [-0.2, 0) is 16.1 Å². The maximum Gasteiger partial charge on any atom is 0.340 e. The Kier molecular flexibility index (Phi) is 7.06. The van der Waals surface area contributed by atoms with E-state index in [-0.39, 0.29) is 5.56 Å². The number of ether oxygens (including phenoxy) is 2. The molecule has 1 aromatic heterocycles. The van der Waals surface area contributed by atoms with Crippen LogP contribution in [-0.4, -0.2) is 36.1 Å². The molecule has 1 aromatic carbocycles. The van der Waals surface area contributed by atoms with Crippen LogP contribution in [0.25, 0.3) is 0 Å². The molecule has 0 atom stereocenters. The number of carbonyl (C=O) groups excluding carboxylic acids is 3. The van der Waals surface area contributed by atoms with E-state index in [9.17, 15) is 14.4 Å². The molecule has 8 nitrogen and oxygen atoms in total. The van der Waals surface area contributed by atoms with E-state index in [4.69, 9.17) is 21.1 Å². The van der Waals surface area contributed by atoms with Crippen LogP contribution in [0, 0.1) is 13.8 Å². The van der Waals surface area contributed by atoms with Gasteiger partial charge in [0.05, 0.1) is 18.2 Å². The predicted octanol–water partition coefficient (Wildman–Crippen LogP) is 2.40. The van der Waals surface area contributed by atoms with Gasteiger partial charge in [-0.3, -0.25) is 20.4 Å². The normalized spacial score (nSPS) is 10.3. The summed E-state index contributed by atoms with van der Waals surface area (Å²) >= 11 is 5.88. The standard InChI is InChI=1S/C19H22ClN3O5/c1-5-23-11(2)8-14(12(23)3)19(26)28-10-17(24)21-22-18(25)15-9-13(20)6-7-16(15)27-4/h6-9H,5,10H2,1-4H3,(H,21,24)(H,22,25). The summed E-state index contributed by atoms with van der Waals surface area (Å²) in [6, 6.07) is 6.23. The number of methoxy groups -OCH3 is 1. The van der Waals surface area contributed by atoms with Gasteiger partial charge in [0, 0.05) is 23.0 Å². The number of hydrazine groups is 1. The zero-order valence-electron chi connectivity index (χ0n) is 16.1. The molecule has 0 aliphatic heterocycles. The summed E-state index contributed by atoms with van der Waals surface area (Å²) in [6.45, 7) is 5.86. The van der Waals surface area contributed by atoms with Crippen LogP contribution in [0.3, 0.4) is 0 Å². The summed E-state index contributed by atoms with van der Waals surface area (Å²) in [5, 5.41) is 0.343.